The SMILES string of the molecule is [B]NC(=O)C1C2CC2(C)CN1C=O. The third-order valence-electron chi connectivity index (χ3n) is 3.25. The highest BCUT2D eigenvalue weighted by Gasteiger charge is 2.63. The second-order valence-corrected chi connectivity index (χ2v) is 4.20. The summed E-state index contributed by atoms with van der Waals surface area (Å²) in [6, 6.07) is -0.340. The lowest BCUT2D eigenvalue weighted by atomic mass is 10.1. The topological polar surface area (TPSA) is 49.4 Å². The number of piperidine rings is 1. The maximum atomic E-state index is 11.3. The monoisotopic (exact) mass is 178 g/mol. The van der Waals surface area contributed by atoms with Crippen molar-refractivity contribution in [2.45, 2.75) is 19.4 Å². The second-order valence-electron chi connectivity index (χ2n) is 4.20. The Kier molecular flexibility index (Phi) is 1.65. The first-order valence-electron chi connectivity index (χ1n) is 4.34. The molecule has 5 heteroatoms. The molecule has 1 saturated heterocycles. The van der Waals surface area contributed by atoms with Crippen LogP contribution in [0.25, 0.3) is 0 Å². The molecule has 68 valence electrons. The maximum absolute atomic E-state index is 11.3. The van der Waals surface area contributed by atoms with Gasteiger partial charge in [-0.25, -0.2) is 0 Å². The van der Waals surface area contributed by atoms with Gasteiger partial charge in [-0.05, 0) is 17.8 Å². The molecule has 1 saturated carbocycles. The third-order valence-corrected chi connectivity index (χ3v) is 3.25. The Balaban J connectivity index is 2.16. The minimum absolute atomic E-state index is 0.165. The smallest absolute Gasteiger partial charge is 0.230 e. The van der Waals surface area contributed by atoms with Crippen LogP contribution in [0.2, 0.25) is 0 Å². The highest BCUT2D eigenvalue weighted by Crippen LogP contribution is 2.60. The van der Waals surface area contributed by atoms with Gasteiger partial charge < -0.3 is 10.1 Å². The number of hydrogen-bond donors (Lipinski definition) is 1. The minimum atomic E-state index is -0.340. The van der Waals surface area contributed by atoms with E-state index in [9.17, 15) is 9.59 Å². The van der Waals surface area contributed by atoms with E-state index in [0.29, 0.717) is 12.5 Å². The van der Waals surface area contributed by atoms with Crippen molar-refractivity contribution >= 4 is 20.3 Å². The molecule has 1 aliphatic heterocycles. The van der Waals surface area contributed by atoms with Gasteiger partial charge >= 0.3 is 0 Å². The number of nitrogens with one attached hydrogen (secondary N) is 1. The van der Waals surface area contributed by atoms with Crippen molar-refractivity contribution in [2.24, 2.45) is 11.3 Å². The molecular formula is C8H11BN2O2. The summed E-state index contributed by atoms with van der Waals surface area (Å²) in [5.41, 5.74) is 0.165. The fourth-order valence-electron chi connectivity index (χ4n) is 2.39. The lowest BCUT2D eigenvalue weighted by molar-refractivity contribution is -0.131. The zero-order chi connectivity index (χ0) is 9.64. The first-order valence-corrected chi connectivity index (χ1v) is 4.34. The van der Waals surface area contributed by atoms with E-state index < -0.39 is 0 Å². The van der Waals surface area contributed by atoms with Crippen LogP contribution in [0.15, 0.2) is 0 Å². The van der Waals surface area contributed by atoms with Crippen LogP contribution in [0, 0.1) is 11.3 Å². The Morgan fingerprint density at radius 2 is 2.46 bits per heavy atom. The van der Waals surface area contributed by atoms with Crippen molar-refractivity contribution in [1.29, 1.82) is 0 Å². The van der Waals surface area contributed by atoms with Crippen molar-refractivity contribution in [2.75, 3.05) is 6.54 Å². The Hall–Kier alpha value is -0.995. The summed E-state index contributed by atoms with van der Waals surface area (Å²) in [5.74, 6) is 0.0552. The van der Waals surface area contributed by atoms with E-state index in [2.05, 4.69) is 12.2 Å². The lowest BCUT2D eigenvalue weighted by Crippen LogP contribution is -2.44. The van der Waals surface area contributed by atoms with E-state index in [1.807, 2.05) is 0 Å². The van der Waals surface area contributed by atoms with Crippen molar-refractivity contribution < 1.29 is 9.59 Å². The number of amides is 2. The fraction of sp³-hybridized carbons (Fsp3) is 0.750. The van der Waals surface area contributed by atoms with Gasteiger partial charge in [0.15, 0.2) is 0 Å². The van der Waals surface area contributed by atoms with Gasteiger partial charge in [0.2, 0.25) is 20.3 Å². The van der Waals surface area contributed by atoms with Gasteiger partial charge in [0.1, 0.15) is 6.04 Å². The molecule has 2 rings (SSSR count). The predicted octanol–water partition coefficient (Wildman–Crippen LogP) is -0.947. The van der Waals surface area contributed by atoms with Gasteiger partial charge in [-0.15, -0.1) is 0 Å². The van der Waals surface area contributed by atoms with Gasteiger partial charge in [0, 0.05) is 6.54 Å². The maximum Gasteiger partial charge on any atom is 0.230 e. The highest BCUT2D eigenvalue weighted by molar-refractivity contribution is 6.15. The van der Waals surface area contributed by atoms with Gasteiger partial charge in [-0.1, -0.05) is 6.92 Å². The Bertz CT molecular complexity index is 271. The number of carbonyl (C=O) groups excluding carboxylic acids is 2. The zero-order valence-electron chi connectivity index (χ0n) is 7.49. The summed E-state index contributed by atoms with van der Waals surface area (Å²) in [6.45, 7) is 2.78. The number of nitrogens with zero attached hydrogens (tertiary/aromatic N) is 1. The third kappa shape index (κ3) is 1.06. The van der Waals surface area contributed by atoms with Gasteiger partial charge in [-0.2, -0.15) is 0 Å². The van der Waals surface area contributed by atoms with E-state index in [4.69, 9.17) is 7.98 Å². The average molecular weight is 178 g/mol. The van der Waals surface area contributed by atoms with E-state index in [1.165, 1.54) is 4.90 Å². The van der Waals surface area contributed by atoms with Crippen LogP contribution in [-0.2, 0) is 9.59 Å². The molecular weight excluding hydrogens is 167 g/mol. The Labute approximate surface area is 78.1 Å². The molecule has 2 amide bonds. The summed E-state index contributed by atoms with van der Waals surface area (Å²) < 4.78 is 0. The van der Waals surface area contributed by atoms with Gasteiger partial charge in [-0.3, -0.25) is 9.59 Å². The average Bonchev–Trinajstić information content (AvgIpc) is 2.68. The van der Waals surface area contributed by atoms with Crippen LogP contribution >= 0.6 is 0 Å². The number of hydrogen-bond acceptors (Lipinski definition) is 2. The number of carbonyl (C=O) groups is 2. The second kappa shape index (κ2) is 2.50. The van der Waals surface area contributed by atoms with Crippen molar-refractivity contribution in [3.63, 3.8) is 0 Å². The number of fused-ring (bicyclic) bond motifs is 1. The molecule has 1 heterocycles. The first-order chi connectivity index (χ1) is 6.12. The zero-order valence-corrected chi connectivity index (χ0v) is 7.49. The van der Waals surface area contributed by atoms with Crippen LogP contribution in [0.3, 0.4) is 0 Å². The summed E-state index contributed by atoms with van der Waals surface area (Å²) in [4.78, 5) is 23.5. The molecule has 3 unspecified atom stereocenters. The van der Waals surface area contributed by atoms with Crippen LogP contribution in [0.5, 0.6) is 0 Å². The summed E-state index contributed by atoms with van der Waals surface area (Å²) >= 11 is 0. The van der Waals surface area contributed by atoms with Crippen LogP contribution < -0.4 is 5.23 Å². The molecule has 2 radical (unpaired) electrons. The van der Waals surface area contributed by atoms with Crippen molar-refractivity contribution in [3.05, 3.63) is 0 Å². The number of likely N-dealkylation sites (tertiary alicyclic amines) is 1. The Morgan fingerprint density at radius 3 is 3.00 bits per heavy atom. The molecule has 0 aromatic rings. The normalized spacial score (nSPS) is 41.2. The first kappa shape index (κ1) is 8.60. The highest BCUT2D eigenvalue weighted by atomic mass is 16.2. The van der Waals surface area contributed by atoms with E-state index in [-0.39, 0.29) is 17.4 Å². The molecule has 2 aliphatic rings. The van der Waals surface area contributed by atoms with Crippen LogP contribution in [-0.4, -0.2) is 37.8 Å². The standard InChI is InChI=1S/C8H11BN2O2/c1-8-2-5(8)6(7(13)10-9)11(3-8)4-12/h4-6H,2-3H2,1H3,(H,10,13). The van der Waals surface area contributed by atoms with Crippen molar-refractivity contribution in [1.82, 2.24) is 10.1 Å². The van der Waals surface area contributed by atoms with E-state index in [0.717, 1.165) is 12.8 Å². The molecule has 2 fully saturated rings. The van der Waals surface area contributed by atoms with Gasteiger partial charge in [0.05, 0.1) is 0 Å². The van der Waals surface area contributed by atoms with Crippen LogP contribution in [0.4, 0.5) is 0 Å². The largest absolute Gasteiger partial charge is 0.407 e. The number of rotatable bonds is 2. The molecule has 0 aromatic carbocycles. The summed E-state index contributed by atoms with van der Waals surface area (Å²) in [7, 11) is 5.05. The molecule has 1 N–H and O–H groups in total. The summed E-state index contributed by atoms with van der Waals surface area (Å²) in [6.07, 6.45) is 1.76. The minimum Gasteiger partial charge on any atom is -0.407 e. The molecule has 1 aliphatic carbocycles. The molecule has 3 atom stereocenters. The molecule has 13 heavy (non-hydrogen) atoms. The lowest BCUT2D eigenvalue weighted by Gasteiger charge is -2.21. The predicted molar refractivity (Wildman–Crippen MR) is 46.7 cm³/mol. The molecule has 0 aromatic heterocycles. The molecule has 4 nitrogen and oxygen atoms in total. The summed E-state index contributed by atoms with van der Waals surface area (Å²) in [5, 5.41) is 2.11. The quantitative estimate of drug-likeness (QED) is 0.437. The molecule has 0 spiro atoms. The molecule has 0 bridgehead atoms. The van der Waals surface area contributed by atoms with Gasteiger partial charge in [0.25, 0.3) is 0 Å². The van der Waals surface area contributed by atoms with E-state index >= 15 is 0 Å². The van der Waals surface area contributed by atoms with E-state index in [1.54, 1.807) is 0 Å². The van der Waals surface area contributed by atoms with Crippen LogP contribution in [0.1, 0.15) is 13.3 Å². The Morgan fingerprint density at radius 1 is 1.77 bits per heavy atom. The van der Waals surface area contributed by atoms with Crippen molar-refractivity contribution in [3.8, 4) is 0 Å². The fourth-order valence-corrected chi connectivity index (χ4v) is 2.39.